The Balaban J connectivity index is 2.13. The Hall–Kier alpha value is -0.610. The van der Waals surface area contributed by atoms with Gasteiger partial charge in [-0.05, 0) is 26.7 Å². The molecule has 4 nitrogen and oxygen atoms in total. The first-order chi connectivity index (χ1) is 8.50. The first kappa shape index (κ1) is 13.8. The van der Waals surface area contributed by atoms with Crippen LogP contribution >= 0.6 is 0 Å². The van der Waals surface area contributed by atoms with Crippen molar-refractivity contribution in [2.75, 3.05) is 13.1 Å². The lowest BCUT2D eigenvalue weighted by Crippen LogP contribution is -2.66. The van der Waals surface area contributed by atoms with Crippen LogP contribution in [0, 0.1) is 0 Å². The minimum Gasteiger partial charge on any atom is -0.481 e. The number of aliphatic carboxylic acids is 1. The molecule has 0 radical (unpaired) electrons. The highest BCUT2D eigenvalue weighted by molar-refractivity contribution is 5.67. The first-order valence-corrected chi connectivity index (χ1v) is 7.21. The van der Waals surface area contributed by atoms with E-state index in [0.717, 1.165) is 13.1 Å². The van der Waals surface area contributed by atoms with Crippen LogP contribution in [-0.4, -0.2) is 46.7 Å². The molecule has 2 N–H and O–H groups in total. The molecule has 0 spiro atoms. The molecule has 1 saturated carbocycles. The number of rotatable bonds is 3. The lowest BCUT2D eigenvalue weighted by Gasteiger charge is -2.52. The van der Waals surface area contributed by atoms with Gasteiger partial charge in [-0.25, -0.2) is 0 Å². The molecule has 0 aromatic rings. The van der Waals surface area contributed by atoms with E-state index in [9.17, 15) is 4.79 Å². The average Bonchev–Trinajstić information content (AvgIpc) is 2.28. The lowest BCUT2D eigenvalue weighted by atomic mass is 9.86. The van der Waals surface area contributed by atoms with Gasteiger partial charge in [0.15, 0.2) is 0 Å². The summed E-state index contributed by atoms with van der Waals surface area (Å²) >= 11 is 0. The van der Waals surface area contributed by atoms with Crippen LogP contribution in [0.25, 0.3) is 0 Å². The van der Waals surface area contributed by atoms with Crippen molar-refractivity contribution in [3.63, 3.8) is 0 Å². The van der Waals surface area contributed by atoms with E-state index in [4.69, 9.17) is 5.11 Å². The second kappa shape index (κ2) is 5.57. The van der Waals surface area contributed by atoms with E-state index < -0.39 is 5.97 Å². The molecule has 0 amide bonds. The summed E-state index contributed by atoms with van der Waals surface area (Å²) in [5, 5.41) is 12.5. The number of hydrogen-bond acceptors (Lipinski definition) is 3. The normalized spacial score (nSPS) is 30.2. The van der Waals surface area contributed by atoms with Gasteiger partial charge in [0, 0.05) is 30.7 Å². The Bertz CT molecular complexity index is 298. The summed E-state index contributed by atoms with van der Waals surface area (Å²) in [7, 11) is 0. The van der Waals surface area contributed by atoms with Gasteiger partial charge in [0.2, 0.25) is 0 Å². The SMILES string of the molecule is CC1(C)CNCC(CC(=O)O)N1C1CCCCC1. The van der Waals surface area contributed by atoms with Crippen molar-refractivity contribution in [1.29, 1.82) is 0 Å². The minimum atomic E-state index is -0.680. The van der Waals surface area contributed by atoms with Gasteiger partial charge in [-0.2, -0.15) is 0 Å². The van der Waals surface area contributed by atoms with Crippen LogP contribution in [0.15, 0.2) is 0 Å². The van der Waals surface area contributed by atoms with Gasteiger partial charge in [0.25, 0.3) is 0 Å². The fourth-order valence-electron chi connectivity index (χ4n) is 3.75. The number of carbonyl (C=O) groups is 1. The van der Waals surface area contributed by atoms with E-state index in [1.54, 1.807) is 0 Å². The van der Waals surface area contributed by atoms with Gasteiger partial charge in [-0.1, -0.05) is 19.3 Å². The Kier molecular flexibility index (Phi) is 4.28. The molecule has 1 saturated heterocycles. The van der Waals surface area contributed by atoms with Crippen molar-refractivity contribution < 1.29 is 9.90 Å². The smallest absolute Gasteiger partial charge is 0.304 e. The molecule has 0 bridgehead atoms. The average molecular weight is 254 g/mol. The fraction of sp³-hybridized carbons (Fsp3) is 0.929. The van der Waals surface area contributed by atoms with E-state index >= 15 is 0 Å². The fourth-order valence-corrected chi connectivity index (χ4v) is 3.75. The summed E-state index contributed by atoms with van der Waals surface area (Å²) in [4.78, 5) is 13.6. The second-order valence-electron chi connectivity index (χ2n) is 6.39. The Morgan fingerprint density at radius 2 is 2.00 bits per heavy atom. The molecule has 1 unspecified atom stereocenters. The predicted octanol–water partition coefficient (Wildman–Crippen LogP) is 1.85. The number of carboxylic acid groups (broad SMARTS) is 1. The van der Waals surface area contributed by atoms with Gasteiger partial charge in [0.1, 0.15) is 0 Å². The Labute approximate surface area is 110 Å². The molecule has 4 heteroatoms. The molecule has 1 atom stereocenters. The topological polar surface area (TPSA) is 52.6 Å². The monoisotopic (exact) mass is 254 g/mol. The highest BCUT2D eigenvalue weighted by Gasteiger charge is 2.41. The number of piperazine rings is 1. The second-order valence-corrected chi connectivity index (χ2v) is 6.39. The third kappa shape index (κ3) is 3.04. The van der Waals surface area contributed by atoms with Crippen LogP contribution < -0.4 is 5.32 Å². The number of hydrogen-bond donors (Lipinski definition) is 2. The van der Waals surface area contributed by atoms with E-state index in [2.05, 4.69) is 24.1 Å². The van der Waals surface area contributed by atoms with Crippen molar-refractivity contribution in [2.24, 2.45) is 0 Å². The van der Waals surface area contributed by atoms with Crippen molar-refractivity contribution in [2.45, 2.75) is 70.0 Å². The summed E-state index contributed by atoms with van der Waals surface area (Å²) in [6.07, 6.45) is 6.66. The predicted molar refractivity (Wildman–Crippen MR) is 71.7 cm³/mol. The minimum absolute atomic E-state index is 0.0698. The molecule has 104 valence electrons. The molecule has 1 heterocycles. The summed E-state index contributed by atoms with van der Waals surface area (Å²) in [6, 6.07) is 0.731. The van der Waals surface area contributed by atoms with Gasteiger partial charge in [-0.15, -0.1) is 0 Å². The Morgan fingerprint density at radius 3 is 2.61 bits per heavy atom. The van der Waals surface area contributed by atoms with E-state index in [1.807, 2.05) is 0 Å². The molecular weight excluding hydrogens is 228 g/mol. The van der Waals surface area contributed by atoms with Crippen molar-refractivity contribution in [1.82, 2.24) is 10.2 Å². The van der Waals surface area contributed by atoms with Crippen LogP contribution in [0.5, 0.6) is 0 Å². The van der Waals surface area contributed by atoms with Gasteiger partial charge < -0.3 is 10.4 Å². The standard InChI is InChI=1S/C14H26N2O2/c1-14(2)10-15-9-12(8-13(17)18)16(14)11-6-4-3-5-7-11/h11-12,15H,3-10H2,1-2H3,(H,17,18). The van der Waals surface area contributed by atoms with Crippen LogP contribution in [0.3, 0.4) is 0 Å². The number of carboxylic acids is 1. The summed E-state index contributed by atoms with van der Waals surface area (Å²) in [5.74, 6) is -0.680. The summed E-state index contributed by atoms with van der Waals surface area (Å²) in [6.45, 7) is 6.25. The lowest BCUT2D eigenvalue weighted by molar-refractivity contribution is -0.140. The van der Waals surface area contributed by atoms with Crippen molar-refractivity contribution in [3.8, 4) is 0 Å². The molecule has 1 aliphatic carbocycles. The quantitative estimate of drug-likeness (QED) is 0.807. The molecule has 2 aliphatic rings. The zero-order chi connectivity index (χ0) is 13.2. The van der Waals surface area contributed by atoms with Crippen LogP contribution in [0.2, 0.25) is 0 Å². The molecule has 2 fully saturated rings. The summed E-state index contributed by atoms with van der Waals surface area (Å²) in [5.41, 5.74) is 0.0698. The zero-order valence-corrected chi connectivity index (χ0v) is 11.6. The van der Waals surface area contributed by atoms with Crippen LogP contribution in [0.4, 0.5) is 0 Å². The third-order valence-corrected chi connectivity index (χ3v) is 4.41. The van der Waals surface area contributed by atoms with Gasteiger partial charge >= 0.3 is 5.97 Å². The molecule has 18 heavy (non-hydrogen) atoms. The summed E-state index contributed by atoms with van der Waals surface area (Å²) < 4.78 is 0. The highest BCUT2D eigenvalue weighted by Crippen LogP contribution is 2.32. The van der Waals surface area contributed by atoms with E-state index in [-0.39, 0.29) is 18.0 Å². The maximum atomic E-state index is 11.1. The maximum Gasteiger partial charge on any atom is 0.304 e. The zero-order valence-electron chi connectivity index (χ0n) is 11.6. The Morgan fingerprint density at radius 1 is 1.33 bits per heavy atom. The van der Waals surface area contributed by atoms with Gasteiger partial charge in [0.05, 0.1) is 6.42 Å². The maximum absolute atomic E-state index is 11.1. The first-order valence-electron chi connectivity index (χ1n) is 7.21. The highest BCUT2D eigenvalue weighted by atomic mass is 16.4. The molecule has 2 rings (SSSR count). The largest absolute Gasteiger partial charge is 0.481 e. The third-order valence-electron chi connectivity index (χ3n) is 4.41. The molecule has 1 aliphatic heterocycles. The van der Waals surface area contributed by atoms with Crippen molar-refractivity contribution in [3.05, 3.63) is 0 Å². The molecular formula is C14H26N2O2. The number of nitrogens with one attached hydrogen (secondary N) is 1. The van der Waals surface area contributed by atoms with Crippen molar-refractivity contribution >= 4 is 5.97 Å². The van der Waals surface area contributed by atoms with E-state index in [1.165, 1.54) is 32.1 Å². The number of nitrogens with zero attached hydrogens (tertiary/aromatic N) is 1. The van der Waals surface area contributed by atoms with Crippen LogP contribution in [0.1, 0.15) is 52.4 Å². The molecule has 0 aromatic carbocycles. The molecule has 0 aromatic heterocycles. The van der Waals surface area contributed by atoms with Gasteiger partial charge in [-0.3, -0.25) is 9.69 Å². The van der Waals surface area contributed by atoms with E-state index in [0.29, 0.717) is 6.04 Å². The van der Waals surface area contributed by atoms with Crippen LogP contribution in [-0.2, 0) is 4.79 Å².